The summed E-state index contributed by atoms with van der Waals surface area (Å²) in [6.07, 6.45) is 45.7. The molecular weight excluding hydrogens is 498 g/mol. The maximum atomic E-state index is 9.73. The van der Waals surface area contributed by atoms with Crippen molar-refractivity contribution in [1.82, 2.24) is 4.90 Å². The van der Waals surface area contributed by atoms with Gasteiger partial charge in [-0.1, -0.05) is 206 Å². The highest BCUT2D eigenvalue weighted by Crippen LogP contribution is 2.16. The molecule has 0 aromatic heterocycles. The molecule has 1 atom stereocenters. The Morgan fingerprint density at radius 2 is 0.537 bits per heavy atom. The number of hydrogen-bond acceptors (Lipinski definition) is 2. The first-order valence-corrected chi connectivity index (χ1v) is 19.6. The fourth-order valence-corrected chi connectivity index (χ4v) is 6.39. The maximum absolute atomic E-state index is 9.73. The molecule has 0 spiro atoms. The Hall–Kier alpha value is -0.0800. The number of nitrogens with zero attached hydrogens (tertiary/aromatic N) is 1. The third kappa shape index (κ3) is 32.7. The smallest absolute Gasteiger partial charge is 0.0584 e. The fraction of sp³-hybridized carbons (Fsp3) is 1.00. The van der Waals surface area contributed by atoms with Gasteiger partial charge in [-0.25, -0.2) is 0 Å². The van der Waals surface area contributed by atoms with Gasteiger partial charge in [0.15, 0.2) is 0 Å². The highest BCUT2D eigenvalue weighted by atomic mass is 16.3. The van der Waals surface area contributed by atoms with Gasteiger partial charge in [0.25, 0.3) is 0 Å². The predicted octanol–water partition coefficient (Wildman–Crippen LogP) is 13.2. The van der Waals surface area contributed by atoms with Crippen molar-refractivity contribution in [2.45, 2.75) is 232 Å². The van der Waals surface area contributed by atoms with E-state index in [0.717, 1.165) is 0 Å². The third-order valence-electron chi connectivity index (χ3n) is 9.49. The van der Waals surface area contributed by atoms with Gasteiger partial charge in [0.05, 0.1) is 6.61 Å². The van der Waals surface area contributed by atoms with E-state index >= 15 is 0 Å². The minimum absolute atomic E-state index is 0.303. The molecule has 0 saturated heterocycles. The van der Waals surface area contributed by atoms with E-state index in [-0.39, 0.29) is 0 Å². The topological polar surface area (TPSA) is 23.5 Å². The summed E-state index contributed by atoms with van der Waals surface area (Å²) in [5.74, 6) is 0. The van der Waals surface area contributed by atoms with E-state index in [4.69, 9.17) is 0 Å². The number of aliphatic hydroxyl groups is 1. The molecule has 41 heavy (non-hydrogen) atoms. The van der Waals surface area contributed by atoms with Crippen LogP contribution in [0.1, 0.15) is 226 Å². The summed E-state index contributed by atoms with van der Waals surface area (Å²) in [7, 11) is 0. The van der Waals surface area contributed by atoms with Crippen LogP contribution in [0.25, 0.3) is 0 Å². The first-order valence-electron chi connectivity index (χ1n) is 19.6. The van der Waals surface area contributed by atoms with E-state index in [1.54, 1.807) is 0 Å². The van der Waals surface area contributed by atoms with Crippen LogP contribution in [0.3, 0.4) is 0 Å². The Kier molecular flexibility index (Phi) is 36.0. The van der Waals surface area contributed by atoms with Crippen molar-refractivity contribution in [3.63, 3.8) is 0 Å². The zero-order valence-electron chi connectivity index (χ0n) is 29.2. The van der Waals surface area contributed by atoms with E-state index < -0.39 is 0 Å². The normalized spacial score (nSPS) is 12.5. The Morgan fingerprint density at radius 3 is 0.732 bits per heavy atom. The predicted molar refractivity (Wildman–Crippen MR) is 187 cm³/mol. The van der Waals surface area contributed by atoms with Crippen molar-refractivity contribution in [3.8, 4) is 0 Å². The molecule has 2 heteroatoms. The summed E-state index contributed by atoms with van der Waals surface area (Å²) in [4.78, 5) is 2.56. The molecule has 1 unspecified atom stereocenters. The molecule has 0 aliphatic rings. The molecule has 0 radical (unpaired) electrons. The molecule has 0 aliphatic carbocycles. The monoisotopic (exact) mass is 580 g/mol. The fourth-order valence-electron chi connectivity index (χ4n) is 6.39. The summed E-state index contributed by atoms with van der Waals surface area (Å²) in [5, 5.41) is 9.73. The number of aliphatic hydroxyl groups excluding tert-OH is 1. The first kappa shape index (κ1) is 40.9. The highest BCUT2D eigenvalue weighted by Gasteiger charge is 2.12. The Bertz CT molecular complexity index is 417. The lowest BCUT2D eigenvalue weighted by Crippen LogP contribution is -2.37. The van der Waals surface area contributed by atoms with E-state index in [9.17, 15) is 5.11 Å². The average Bonchev–Trinajstić information content (AvgIpc) is 2.99. The van der Waals surface area contributed by atoms with Crippen LogP contribution in [0.5, 0.6) is 0 Å². The lowest BCUT2D eigenvalue weighted by atomic mass is 10.0. The molecule has 2 nitrogen and oxygen atoms in total. The van der Waals surface area contributed by atoms with Gasteiger partial charge < -0.3 is 5.11 Å². The molecule has 248 valence electrons. The largest absolute Gasteiger partial charge is 0.395 e. The Morgan fingerprint density at radius 1 is 0.341 bits per heavy atom. The van der Waals surface area contributed by atoms with Crippen LogP contribution < -0.4 is 0 Å². The second-order valence-electron chi connectivity index (χ2n) is 13.7. The number of rotatable bonds is 36. The minimum Gasteiger partial charge on any atom is -0.395 e. The van der Waals surface area contributed by atoms with Gasteiger partial charge in [-0.2, -0.15) is 0 Å². The molecule has 0 aromatic carbocycles. The van der Waals surface area contributed by atoms with Gasteiger partial charge in [0.2, 0.25) is 0 Å². The lowest BCUT2D eigenvalue weighted by Gasteiger charge is -2.27. The molecule has 0 bridgehead atoms. The van der Waals surface area contributed by atoms with E-state index in [2.05, 4.69) is 25.7 Å². The first-order chi connectivity index (χ1) is 20.3. The quantitative estimate of drug-likeness (QED) is 0.0746. The molecule has 0 rings (SSSR count). The van der Waals surface area contributed by atoms with Gasteiger partial charge in [0, 0.05) is 6.04 Å². The van der Waals surface area contributed by atoms with Crippen LogP contribution in [0.2, 0.25) is 0 Å². The van der Waals surface area contributed by atoms with Gasteiger partial charge in [-0.3, -0.25) is 4.90 Å². The van der Waals surface area contributed by atoms with Crippen LogP contribution >= 0.6 is 0 Å². The van der Waals surface area contributed by atoms with Crippen LogP contribution in [0.15, 0.2) is 0 Å². The molecule has 0 amide bonds. The molecule has 0 fully saturated rings. The average molecular weight is 580 g/mol. The number of unbranched alkanes of at least 4 members (excludes halogenated alkanes) is 30. The van der Waals surface area contributed by atoms with Gasteiger partial charge in [0.1, 0.15) is 0 Å². The van der Waals surface area contributed by atoms with Gasteiger partial charge in [-0.15, -0.1) is 0 Å². The second-order valence-corrected chi connectivity index (χ2v) is 13.7. The van der Waals surface area contributed by atoms with Gasteiger partial charge >= 0.3 is 0 Å². The summed E-state index contributed by atoms with van der Waals surface area (Å²) >= 11 is 0. The summed E-state index contributed by atoms with van der Waals surface area (Å²) < 4.78 is 0. The Labute approximate surface area is 261 Å². The summed E-state index contributed by atoms with van der Waals surface area (Å²) in [6.45, 7) is 9.47. The van der Waals surface area contributed by atoms with Crippen molar-refractivity contribution < 1.29 is 5.11 Å². The zero-order valence-corrected chi connectivity index (χ0v) is 29.2. The van der Waals surface area contributed by atoms with Crippen molar-refractivity contribution in [2.24, 2.45) is 0 Å². The molecule has 1 N–H and O–H groups in total. The van der Waals surface area contributed by atoms with Crippen LogP contribution in [-0.4, -0.2) is 35.7 Å². The summed E-state index contributed by atoms with van der Waals surface area (Å²) in [6, 6.07) is 0.322. The molecular formula is C39H81NO. The van der Waals surface area contributed by atoms with Crippen LogP contribution in [0, 0.1) is 0 Å². The standard InChI is InChI=1S/C39H81NO/c1-4-6-8-10-12-14-16-18-20-22-24-26-28-30-32-34-36-40(39(3)38-41)37-35-33-31-29-27-25-23-21-19-17-15-13-11-9-7-5-2/h39,41H,4-38H2,1-3H3. The molecule has 0 saturated carbocycles. The number of hydrogen-bond donors (Lipinski definition) is 1. The second kappa shape index (κ2) is 36.1. The van der Waals surface area contributed by atoms with Crippen molar-refractivity contribution in [3.05, 3.63) is 0 Å². The molecule has 0 heterocycles. The SMILES string of the molecule is CCCCCCCCCCCCCCCCCCN(CCCCCCCCCCCCCCCCCC)C(C)CO. The minimum atomic E-state index is 0.303. The van der Waals surface area contributed by atoms with Crippen LogP contribution in [-0.2, 0) is 0 Å². The zero-order chi connectivity index (χ0) is 29.9. The van der Waals surface area contributed by atoms with Crippen molar-refractivity contribution in [2.75, 3.05) is 19.7 Å². The maximum Gasteiger partial charge on any atom is 0.0584 e. The summed E-state index contributed by atoms with van der Waals surface area (Å²) in [5.41, 5.74) is 0. The van der Waals surface area contributed by atoms with Gasteiger partial charge in [-0.05, 0) is 32.9 Å². The lowest BCUT2D eigenvalue weighted by molar-refractivity contribution is 0.130. The van der Waals surface area contributed by atoms with E-state index in [1.807, 2.05) is 0 Å². The Balaban J connectivity index is 3.47. The van der Waals surface area contributed by atoms with Crippen LogP contribution in [0.4, 0.5) is 0 Å². The highest BCUT2D eigenvalue weighted by molar-refractivity contribution is 4.67. The van der Waals surface area contributed by atoms with E-state index in [1.165, 1.54) is 219 Å². The van der Waals surface area contributed by atoms with Crippen molar-refractivity contribution >= 4 is 0 Å². The van der Waals surface area contributed by atoms with E-state index in [0.29, 0.717) is 12.6 Å². The third-order valence-corrected chi connectivity index (χ3v) is 9.49. The van der Waals surface area contributed by atoms with Crippen molar-refractivity contribution in [1.29, 1.82) is 0 Å². The molecule has 0 aromatic rings. The molecule has 0 aliphatic heterocycles.